The number of ether oxygens (including phenoxy) is 1. The van der Waals surface area contributed by atoms with Gasteiger partial charge in [-0.1, -0.05) is 0 Å². The molecule has 0 saturated carbocycles. The van der Waals surface area contributed by atoms with Crippen LogP contribution in [0.4, 0.5) is 0 Å². The Labute approximate surface area is 111 Å². The van der Waals surface area contributed by atoms with Gasteiger partial charge in [0.15, 0.2) is 5.82 Å². The second-order valence-corrected chi connectivity index (χ2v) is 5.38. The van der Waals surface area contributed by atoms with E-state index in [1.165, 1.54) is 0 Å². The van der Waals surface area contributed by atoms with Crippen LogP contribution in [0.15, 0.2) is 0 Å². The van der Waals surface area contributed by atoms with E-state index in [9.17, 15) is 4.79 Å². The fourth-order valence-electron chi connectivity index (χ4n) is 2.66. The largest absolute Gasteiger partial charge is 0.379 e. The number of aryl methyl sites for hydroxylation is 1. The van der Waals surface area contributed by atoms with Gasteiger partial charge in [0.2, 0.25) is 5.91 Å². The highest BCUT2D eigenvalue weighted by Gasteiger charge is 2.39. The summed E-state index contributed by atoms with van der Waals surface area (Å²) >= 11 is 0. The summed E-state index contributed by atoms with van der Waals surface area (Å²) in [7, 11) is 0. The number of nitrogens with one attached hydrogen (secondary N) is 1. The zero-order valence-corrected chi connectivity index (χ0v) is 11.1. The minimum absolute atomic E-state index is 0.173. The fourth-order valence-corrected chi connectivity index (χ4v) is 2.66. The molecule has 104 valence electrons. The minimum Gasteiger partial charge on any atom is -0.379 e. The van der Waals surface area contributed by atoms with Crippen LogP contribution in [0.1, 0.15) is 37.5 Å². The number of hydrogen-bond acceptors (Lipinski definition) is 5. The maximum absolute atomic E-state index is 12.2. The second kappa shape index (κ2) is 4.57. The number of rotatable bonds is 3. The first-order valence-electron chi connectivity index (χ1n) is 6.70. The zero-order valence-electron chi connectivity index (χ0n) is 11.1. The monoisotopic (exact) mass is 265 g/mol. The average molecular weight is 265 g/mol. The van der Waals surface area contributed by atoms with E-state index in [0.29, 0.717) is 13.0 Å². The molecular weight excluding hydrogens is 246 g/mol. The molecule has 1 aromatic rings. The summed E-state index contributed by atoms with van der Waals surface area (Å²) in [4.78, 5) is 12.2. The van der Waals surface area contributed by atoms with Crippen LogP contribution < -0.4 is 11.1 Å². The third-order valence-electron chi connectivity index (χ3n) is 3.88. The lowest BCUT2D eigenvalue weighted by molar-refractivity contribution is -0.127. The molecule has 2 unspecified atom stereocenters. The molecule has 0 spiro atoms. The van der Waals surface area contributed by atoms with E-state index in [4.69, 9.17) is 10.5 Å². The predicted octanol–water partition coefficient (Wildman–Crippen LogP) is -0.481. The van der Waals surface area contributed by atoms with E-state index in [0.717, 1.165) is 31.0 Å². The molecule has 1 aromatic heterocycles. The number of nitrogens with zero attached hydrogens (tertiary/aromatic N) is 3. The lowest BCUT2D eigenvalue weighted by Crippen LogP contribution is -2.55. The van der Waals surface area contributed by atoms with Crippen molar-refractivity contribution in [1.82, 2.24) is 20.1 Å². The van der Waals surface area contributed by atoms with Gasteiger partial charge in [-0.2, -0.15) is 0 Å². The van der Waals surface area contributed by atoms with Gasteiger partial charge in [0.25, 0.3) is 0 Å². The van der Waals surface area contributed by atoms with Gasteiger partial charge in [-0.15, -0.1) is 10.2 Å². The lowest BCUT2D eigenvalue weighted by atomic mass is 9.99. The molecule has 7 nitrogen and oxygen atoms in total. The molecule has 3 heterocycles. The van der Waals surface area contributed by atoms with Gasteiger partial charge < -0.3 is 20.4 Å². The Balaban J connectivity index is 1.71. The van der Waals surface area contributed by atoms with E-state index >= 15 is 0 Å². The molecule has 1 saturated heterocycles. The van der Waals surface area contributed by atoms with Crippen molar-refractivity contribution in [3.05, 3.63) is 11.6 Å². The molecule has 2 atom stereocenters. The summed E-state index contributed by atoms with van der Waals surface area (Å²) in [5.41, 5.74) is 5.14. The molecule has 0 aromatic carbocycles. The fraction of sp³-hybridized carbons (Fsp3) is 0.750. The van der Waals surface area contributed by atoms with Crippen molar-refractivity contribution < 1.29 is 9.53 Å². The Morgan fingerprint density at radius 3 is 3.16 bits per heavy atom. The van der Waals surface area contributed by atoms with E-state index < -0.39 is 5.54 Å². The number of nitrogens with two attached hydrogens (primary N) is 1. The van der Waals surface area contributed by atoms with Gasteiger partial charge >= 0.3 is 0 Å². The van der Waals surface area contributed by atoms with E-state index in [2.05, 4.69) is 20.1 Å². The first-order valence-corrected chi connectivity index (χ1v) is 6.70. The Bertz CT molecular complexity index is 492. The Hall–Kier alpha value is -1.47. The third-order valence-corrected chi connectivity index (χ3v) is 3.88. The number of amides is 1. The maximum atomic E-state index is 12.2. The van der Waals surface area contributed by atoms with E-state index in [1.807, 2.05) is 6.92 Å². The highest BCUT2D eigenvalue weighted by atomic mass is 16.5. The standard InChI is InChI=1S/C12H19N5O2/c1-8(10-16-15-9-3-2-5-17(9)10)14-11(18)12(13)4-6-19-7-12/h8H,2-7,13H2,1H3,(H,14,18). The van der Waals surface area contributed by atoms with Crippen molar-refractivity contribution in [3.8, 4) is 0 Å². The minimum atomic E-state index is -0.901. The Morgan fingerprint density at radius 1 is 1.58 bits per heavy atom. The van der Waals surface area contributed by atoms with Crippen molar-refractivity contribution in [2.45, 2.75) is 44.3 Å². The molecule has 3 N–H and O–H groups in total. The van der Waals surface area contributed by atoms with Crippen molar-refractivity contribution >= 4 is 5.91 Å². The molecule has 2 aliphatic heterocycles. The summed E-state index contributed by atoms with van der Waals surface area (Å²) in [6.45, 7) is 3.66. The highest BCUT2D eigenvalue weighted by Crippen LogP contribution is 2.21. The van der Waals surface area contributed by atoms with Gasteiger partial charge in [0, 0.05) is 19.6 Å². The predicted molar refractivity (Wildman–Crippen MR) is 67.3 cm³/mol. The summed E-state index contributed by atoms with van der Waals surface area (Å²) in [6, 6.07) is -0.187. The van der Waals surface area contributed by atoms with Gasteiger partial charge in [-0.3, -0.25) is 4.79 Å². The number of hydrogen-bond donors (Lipinski definition) is 2. The van der Waals surface area contributed by atoms with E-state index in [1.54, 1.807) is 0 Å². The summed E-state index contributed by atoms with van der Waals surface area (Å²) < 4.78 is 7.29. The molecule has 3 rings (SSSR count). The molecule has 2 aliphatic rings. The van der Waals surface area contributed by atoms with Gasteiger partial charge in [0.05, 0.1) is 12.6 Å². The number of aromatic nitrogens is 3. The van der Waals surface area contributed by atoms with Crippen LogP contribution >= 0.6 is 0 Å². The molecule has 0 bridgehead atoms. The molecule has 7 heteroatoms. The first kappa shape index (κ1) is 12.6. The summed E-state index contributed by atoms with van der Waals surface area (Å²) in [5.74, 6) is 1.64. The third kappa shape index (κ3) is 2.12. The maximum Gasteiger partial charge on any atom is 0.243 e. The lowest BCUT2D eigenvalue weighted by Gasteiger charge is -2.23. The zero-order chi connectivity index (χ0) is 13.5. The van der Waals surface area contributed by atoms with Crippen molar-refractivity contribution in [2.75, 3.05) is 13.2 Å². The van der Waals surface area contributed by atoms with Crippen molar-refractivity contribution in [2.24, 2.45) is 5.73 Å². The SMILES string of the molecule is CC(NC(=O)C1(N)CCOC1)c1nnc2n1CCC2. The van der Waals surface area contributed by atoms with Gasteiger partial charge in [-0.05, 0) is 19.8 Å². The normalized spacial score (nSPS) is 27.3. The van der Waals surface area contributed by atoms with Crippen molar-refractivity contribution in [3.63, 3.8) is 0 Å². The van der Waals surface area contributed by atoms with Crippen molar-refractivity contribution in [1.29, 1.82) is 0 Å². The van der Waals surface area contributed by atoms with Gasteiger partial charge in [-0.25, -0.2) is 0 Å². The molecule has 1 fully saturated rings. The van der Waals surface area contributed by atoms with Crippen LogP contribution in [0.3, 0.4) is 0 Å². The topological polar surface area (TPSA) is 95.1 Å². The van der Waals surface area contributed by atoms with Crippen LogP contribution in [0.2, 0.25) is 0 Å². The van der Waals surface area contributed by atoms with Crippen LogP contribution in [-0.4, -0.2) is 39.4 Å². The molecular formula is C12H19N5O2. The number of carbonyl (C=O) groups excluding carboxylic acids is 1. The second-order valence-electron chi connectivity index (χ2n) is 5.38. The first-order chi connectivity index (χ1) is 9.10. The molecule has 1 amide bonds. The summed E-state index contributed by atoms with van der Waals surface area (Å²) in [5, 5.41) is 11.2. The van der Waals surface area contributed by atoms with Crippen LogP contribution in [0.25, 0.3) is 0 Å². The molecule has 19 heavy (non-hydrogen) atoms. The average Bonchev–Trinajstić information content (AvgIpc) is 3.03. The number of carbonyl (C=O) groups is 1. The van der Waals surface area contributed by atoms with Crippen LogP contribution in [-0.2, 0) is 22.5 Å². The Kier molecular flexibility index (Phi) is 3.02. The highest BCUT2D eigenvalue weighted by molar-refractivity contribution is 5.86. The Morgan fingerprint density at radius 2 is 2.42 bits per heavy atom. The van der Waals surface area contributed by atoms with Gasteiger partial charge in [0.1, 0.15) is 11.4 Å². The number of fused-ring (bicyclic) bond motifs is 1. The van der Waals surface area contributed by atoms with E-state index in [-0.39, 0.29) is 18.6 Å². The molecule has 0 aliphatic carbocycles. The van der Waals surface area contributed by atoms with Crippen LogP contribution in [0.5, 0.6) is 0 Å². The molecule has 0 radical (unpaired) electrons. The summed E-state index contributed by atoms with van der Waals surface area (Å²) in [6.07, 6.45) is 2.61. The quantitative estimate of drug-likeness (QED) is 0.769. The van der Waals surface area contributed by atoms with Crippen LogP contribution in [0, 0.1) is 0 Å². The smallest absolute Gasteiger partial charge is 0.243 e.